The molecule has 0 radical (unpaired) electrons. The van der Waals surface area contributed by atoms with E-state index in [0.29, 0.717) is 13.2 Å². The summed E-state index contributed by atoms with van der Waals surface area (Å²) in [6.45, 7) is 3.01. The molecule has 0 unspecified atom stereocenters. The highest BCUT2D eigenvalue weighted by atomic mass is 19.1. The number of halogens is 1. The molecule has 0 atom stereocenters. The SMILES string of the molecule is Cc1cc(NCCOc2cccnc2)c2cc(F)ccc2n1. The normalized spacial score (nSPS) is 10.6. The van der Waals surface area contributed by atoms with Gasteiger partial charge in [-0.15, -0.1) is 0 Å². The smallest absolute Gasteiger partial charge is 0.137 e. The van der Waals surface area contributed by atoms with Gasteiger partial charge in [0.2, 0.25) is 0 Å². The van der Waals surface area contributed by atoms with Crippen molar-refractivity contribution in [3.8, 4) is 5.75 Å². The zero-order valence-electron chi connectivity index (χ0n) is 12.2. The van der Waals surface area contributed by atoms with Gasteiger partial charge >= 0.3 is 0 Å². The molecule has 3 aromatic rings. The highest BCUT2D eigenvalue weighted by Gasteiger charge is 2.05. The summed E-state index contributed by atoms with van der Waals surface area (Å²) in [4.78, 5) is 8.40. The van der Waals surface area contributed by atoms with E-state index < -0.39 is 0 Å². The topological polar surface area (TPSA) is 47.0 Å². The van der Waals surface area contributed by atoms with Gasteiger partial charge in [0.05, 0.1) is 11.7 Å². The molecular weight excluding hydrogens is 281 g/mol. The summed E-state index contributed by atoms with van der Waals surface area (Å²) < 4.78 is 19.0. The molecule has 0 aliphatic carbocycles. The van der Waals surface area contributed by atoms with Crippen LogP contribution in [0.25, 0.3) is 10.9 Å². The minimum atomic E-state index is -0.271. The van der Waals surface area contributed by atoms with E-state index in [2.05, 4.69) is 15.3 Å². The summed E-state index contributed by atoms with van der Waals surface area (Å²) in [6, 6.07) is 10.2. The Balaban J connectivity index is 1.69. The molecule has 0 aliphatic heterocycles. The molecule has 5 heteroatoms. The number of rotatable bonds is 5. The third kappa shape index (κ3) is 3.31. The monoisotopic (exact) mass is 297 g/mol. The maximum atomic E-state index is 13.4. The minimum absolute atomic E-state index is 0.271. The van der Waals surface area contributed by atoms with Gasteiger partial charge in [0.1, 0.15) is 18.2 Å². The van der Waals surface area contributed by atoms with Crippen LogP contribution in [0.2, 0.25) is 0 Å². The van der Waals surface area contributed by atoms with Gasteiger partial charge in [-0.05, 0) is 43.3 Å². The standard InChI is InChI=1S/C17H16FN3O/c1-12-9-17(15-10-13(18)4-5-16(15)21-12)20-7-8-22-14-3-2-6-19-11-14/h2-6,9-11H,7-8H2,1H3,(H,20,21). The molecule has 4 nitrogen and oxygen atoms in total. The first kappa shape index (κ1) is 14.3. The van der Waals surface area contributed by atoms with Gasteiger partial charge in [0, 0.05) is 29.5 Å². The summed E-state index contributed by atoms with van der Waals surface area (Å²) in [5, 5.41) is 4.04. The lowest BCUT2D eigenvalue weighted by atomic mass is 10.1. The maximum Gasteiger partial charge on any atom is 0.137 e. The Bertz CT molecular complexity index is 777. The molecule has 1 aromatic carbocycles. The zero-order valence-corrected chi connectivity index (χ0v) is 12.2. The van der Waals surface area contributed by atoms with Crippen LogP contribution in [0, 0.1) is 12.7 Å². The number of benzene rings is 1. The third-order valence-electron chi connectivity index (χ3n) is 3.22. The maximum absolute atomic E-state index is 13.4. The lowest BCUT2D eigenvalue weighted by molar-refractivity contribution is 0.331. The molecule has 1 N–H and O–H groups in total. The third-order valence-corrected chi connectivity index (χ3v) is 3.22. The number of ether oxygens (including phenoxy) is 1. The van der Waals surface area contributed by atoms with Crippen molar-refractivity contribution >= 4 is 16.6 Å². The number of nitrogens with one attached hydrogen (secondary N) is 1. The van der Waals surface area contributed by atoms with Gasteiger partial charge in [0.15, 0.2) is 0 Å². The van der Waals surface area contributed by atoms with Crippen molar-refractivity contribution in [2.45, 2.75) is 6.92 Å². The van der Waals surface area contributed by atoms with Crippen LogP contribution in [0.1, 0.15) is 5.69 Å². The second kappa shape index (κ2) is 6.39. The molecule has 0 aliphatic rings. The van der Waals surface area contributed by atoms with Crippen molar-refractivity contribution in [3.63, 3.8) is 0 Å². The summed E-state index contributed by atoms with van der Waals surface area (Å²) in [5.41, 5.74) is 2.52. The van der Waals surface area contributed by atoms with Crippen molar-refractivity contribution in [3.05, 3.63) is 60.3 Å². The molecule has 2 heterocycles. The molecule has 3 rings (SSSR count). The molecule has 2 aromatic heterocycles. The second-order valence-corrected chi connectivity index (χ2v) is 4.94. The van der Waals surface area contributed by atoms with Crippen molar-refractivity contribution in [1.82, 2.24) is 9.97 Å². The predicted octanol–water partition coefficient (Wildman–Crippen LogP) is 3.57. The summed E-state index contributed by atoms with van der Waals surface area (Å²) in [5.74, 6) is 0.457. The fourth-order valence-corrected chi connectivity index (χ4v) is 2.26. The lowest BCUT2D eigenvalue weighted by Crippen LogP contribution is -2.12. The number of hydrogen-bond donors (Lipinski definition) is 1. The van der Waals surface area contributed by atoms with Gasteiger partial charge < -0.3 is 10.1 Å². The minimum Gasteiger partial charge on any atom is -0.490 e. The van der Waals surface area contributed by atoms with E-state index in [1.165, 1.54) is 12.1 Å². The zero-order chi connectivity index (χ0) is 15.4. The number of pyridine rings is 2. The number of anilines is 1. The largest absolute Gasteiger partial charge is 0.490 e. The highest BCUT2D eigenvalue weighted by molar-refractivity contribution is 5.91. The molecule has 0 saturated heterocycles. The molecule has 112 valence electrons. The van der Waals surface area contributed by atoms with Crippen LogP contribution in [-0.2, 0) is 0 Å². The summed E-state index contributed by atoms with van der Waals surface area (Å²) in [7, 11) is 0. The van der Waals surface area contributed by atoms with Crippen LogP contribution in [0.5, 0.6) is 5.75 Å². The van der Waals surface area contributed by atoms with Crippen LogP contribution in [-0.4, -0.2) is 23.1 Å². The van der Waals surface area contributed by atoms with Crippen LogP contribution in [0.15, 0.2) is 48.8 Å². The average Bonchev–Trinajstić information content (AvgIpc) is 2.53. The fraction of sp³-hybridized carbons (Fsp3) is 0.176. The van der Waals surface area contributed by atoms with Crippen molar-refractivity contribution < 1.29 is 9.13 Å². The Morgan fingerprint density at radius 3 is 2.95 bits per heavy atom. The number of nitrogens with zero attached hydrogens (tertiary/aromatic N) is 2. The van der Waals surface area contributed by atoms with E-state index in [1.54, 1.807) is 18.5 Å². The van der Waals surface area contributed by atoms with E-state index in [4.69, 9.17) is 4.74 Å². The first-order valence-electron chi connectivity index (χ1n) is 7.06. The van der Waals surface area contributed by atoms with Crippen LogP contribution in [0.3, 0.4) is 0 Å². The van der Waals surface area contributed by atoms with Crippen molar-refractivity contribution in [1.29, 1.82) is 0 Å². The van der Waals surface area contributed by atoms with E-state index >= 15 is 0 Å². The van der Waals surface area contributed by atoms with Gasteiger partial charge in [-0.2, -0.15) is 0 Å². The van der Waals surface area contributed by atoms with Crippen LogP contribution in [0.4, 0.5) is 10.1 Å². The Morgan fingerprint density at radius 2 is 2.14 bits per heavy atom. The van der Waals surface area contributed by atoms with Gasteiger partial charge in [-0.1, -0.05) is 0 Å². The molecule has 0 saturated carbocycles. The predicted molar refractivity (Wildman–Crippen MR) is 84.7 cm³/mol. The van der Waals surface area contributed by atoms with E-state index in [0.717, 1.165) is 28.0 Å². The highest BCUT2D eigenvalue weighted by Crippen LogP contribution is 2.23. The van der Waals surface area contributed by atoms with E-state index in [1.807, 2.05) is 25.1 Å². The summed E-state index contributed by atoms with van der Waals surface area (Å²) in [6.07, 6.45) is 3.37. The van der Waals surface area contributed by atoms with Crippen LogP contribution < -0.4 is 10.1 Å². The molecule has 0 amide bonds. The number of aromatic nitrogens is 2. The van der Waals surface area contributed by atoms with Gasteiger partial charge in [0.25, 0.3) is 0 Å². The fourth-order valence-electron chi connectivity index (χ4n) is 2.26. The second-order valence-electron chi connectivity index (χ2n) is 4.94. The van der Waals surface area contributed by atoms with Gasteiger partial charge in [-0.25, -0.2) is 4.39 Å². The van der Waals surface area contributed by atoms with E-state index in [-0.39, 0.29) is 5.82 Å². The Labute approximate surface area is 128 Å². The molecule has 22 heavy (non-hydrogen) atoms. The first-order valence-corrected chi connectivity index (χ1v) is 7.06. The Hall–Kier alpha value is -2.69. The average molecular weight is 297 g/mol. The molecule has 0 fully saturated rings. The Morgan fingerprint density at radius 1 is 1.23 bits per heavy atom. The molecule has 0 bridgehead atoms. The Kier molecular flexibility index (Phi) is 4.14. The van der Waals surface area contributed by atoms with Gasteiger partial charge in [-0.3, -0.25) is 9.97 Å². The lowest BCUT2D eigenvalue weighted by Gasteiger charge is -2.11. The van der Waals surface area contributed by atoms with Crippen molar-refractivity contribution in [2.75, 3.05) is 18.5 Å². The summed E-state index contributed by atoms with van der Waals surface area (Å²) >= 11 is 0. The quantitative estimate of drug-likeness (QED) is 0.731. The van der Waals surface area contributed by atoms with Crippen molar-refractivity contribution in [2.24, 2.45) is 0 Å². The molecular formula is C17H16FN3O. The molecule has 0 spiro atoms. The number of fused-ring (bicyclic) bond motifs is 1. The number of hydrogen-bond acceptors (Lipinski definition) is 4. The number of aryl methyl sites for hydroxylation is 1. The van der Waals surface area contributed by atoms with Crippen LogP contribution >= 0.6 is 0 Å². The van der Waals surface area contributed by atoms with E-state index in [9.17, 15) is 4.39 Å². The first-order chi connectivity index (χ1) is 10.7.